The lowest BCUT2D eigenvalue weighted by Crippen LogP contribution is -2.04. The third-order valence-electron chi connectivity index (χ3n) is 2.53. The molecule has 7 heteroatoms. The maximum atomic E-state index is 12.5. The molecule has 0 aliphatic rings. The molecule has 0 aromatic heterocycles. The zero-order chi connectivity index (χ0) is 15.5. The van der Waals surface area contributed by atoms with Crippen LogP contribution in [0.25, 0.3) is 0 Å². The number of halogens is 5. The Kier molecular flexibility index (Phi) is 5.46. The summed E-state index contributed by atoms with van der Waals surface area (Å²) in [7, 11) is 0. The zero-order valence-electron chi connectivity index (χ0n) is 10.5. The number of hydrogen-bond acceptors (Lipinski definition) is 1. The summed E-state index contributed by atoms with van der Waals surface area (Å²) in [6, 6.07) is 11.5. The second-order valence-electron chi connectivity index (χ2n) is 4.07. The van der Waals surface area contributed by atoms with E-state index in [0.29, 0.717) is 16.3 Å². The molecule has 2 aromatic rings. The van der Waals surface area contributed by atoms with Gasteiger partial charge in [-0.2, -0.15) is 13.2 Å². The molecule has 111 valence electrons. The number of nitrogens with zero attached hydrogens (tertiary/aromatic N) is 1. The van der Waals surface area contributed by atoms with E-state index in [0.717, 1.165) is 4.47 Å². The molecule has 0 unspecified atom stereocenters. The molecular weight excluding hydrogens is 387 g/mol. The normalized spacial score (nSPS) is 11.5. The molecule has 0 bridgehead atoms. The number of hydrogen-bond donors (Lipinski definition) is 0. The summed E-state index contributed by atoms with van der Waals surface area (Å²) in [6.45, 7) is 0.164. The van der Waals surface area contributed by atoms with Gasteiger partial charge in [-0.05, 0) is 57.5 Å². The Morgan fingerprint density at radius 3 is 2.52 bits per heavy atom. The van der Waals surface area contributed by atoms with Crippen molar-refractivity contribution in [2.45, 2.75) is 16.9 Å². The van der Waals surface area contributed by atoms with E-state index in [2.05, 4.69) is 21.2 Å². The van der Waals surface area contributed by atoms with Crippen LogP contribution in [0, 0.1) is 0 Å². The first kappa shape index (κ1) is 16.5. The lowest BCUT2D eigenvalue weighted by atomic mass is 10.2. The molecule has 0 heterocycles. The van der Waals surface area contributed by atoms with Crippen molar-refractivity contribution in [2.75, 3.05) is 0 Å². The molecule has 0 N–H and O–H groups in total. The van der Waals surface area contributed by atoms with Crippen molar-refractivity contribution in [3.63, 3.8) is 0 Å². The first-order valence-electron chi connectivity index (χ1n) is 5.81. The summed E-state index contributed by atoms with van der Waals surface area (Å²) in [6.07, 6.45) is 0. The van der Waals surface area contributed by atoms with E-state index in [4.69, 9.17) is 11.6 Å². The van der Waals surface area contributed by atoms with Gasteiger partial charge in [0.15, 0.2) is 0 Å². The van der Waals surface area contributed by atoms with Gasteiger partial charge in [0.2, 0.25) is 0 Å². The van der Waals surface area contributed by atoms with Crippen LogP contribution >= 0.6 is 39.3 Å². The van der Waals surface area contributed by atoms with Crippen LogP contribution in [0.2, 0.25) is 5.02 Å². The second-order valence-corrected chi connectivity index (χ2v) is 6.44. The van der Waals surface area contributed by atoms with E-state index in [-0.39, 0.29) is 23.2 Å². The Morgan fingerprint density at radius 1 is 1.14 bits per heavy atom. The number of alkyl halides is 3. The van der Waals surface area contributed by atoms with Gasteiger partial charge in [-0.15, -0.1) is 0 Å². The summed E-state index contributed by atoms with van der Waals surface area (Å²) >= 11 is 9.10. The zero-order valence-corrected chi connectivity index (χ0v) is 13.7. The van der Waals surface area contributed by atoms with Crippen molar-refractivity contribution in [2.24, 2.45) is 0 Å². The summed E-state index contributed by atoms with van der Waals surface area (Å²) in [5.41, 5.74) is -3.16. The van der Waals surface area contributed by atoms with Gasteiger partial charge < -0.3 is 0 Å². The Labute approximate surface area is 138 Å². The van der Waals surface area contributed by atoms with Crippen molar-refractivity contribution < 1.29 is 13.2 Å². The highest BCUT2D eigenvalue weighted by molar-refractivity contribution is 9.10. The summed E-state index contributed by atoms with van der Waals surface area (Å²) < 4.78 is 38.2. The number of thioether (sulfide) groups is 1. The molecule has 0 atom stereocenters. The van der Waals surface area contributed by atoms with Gasteiger partial charge >= 0.3 is 5.51 Å². The molecule has 0 saturated carbocycles. The largest absolute Gasteiger partial charge is 0.446 e. The average molecular weight is 396 g/mol. The Hall–Kier alpha value is -0.850. The Morgan fingerprint density at radius 2 is 1.86 bits per heavy atom. The highest BCUT2D eigenvalue weighted by atomic mass is 79.9. The fraction of sp³-hybridized carbons (Fsp3) is 0.143. The van der Waals surface area contributed by atoms with Crippen LogP contribution in [0.4, 0.5) is 18.9 Å². The van der Waals surface area contributed by atoms with E-state index in [1.54, 1.807) is 36.4 Å². The van der Waals surface area contributed by atoms with Crippen LogP contribution in [0.3, 0.4) is 0 Å². The van der Waals surface area contributed by atoms with Gasteiger partial charge in [0.25, 0.3) is 0 Å². The lowest BCUT2D eigenvalue weighted by molar-refractivity contribution is -0.0328. The van der Waals surface area contributed by atoms with Crippen molar-refractivity contribution in [1.29, 1.82) is 0 Å². The predicted octanol–water partition coefficient (Wildman–Crippen LogP) is 6.15. The molecule has 0 saturated heterocycles. The van der Waals surface area contributed by atoms with E-state index in [1.165, 1.54) is 6.07 Å². The Bertz CT molecular complexity index is 634. The van der Waals surface area contributed by atoms with Gasteiger partial charge in [-0.1, -0.05) is 29.8 Å². The minimum Gasteiger partial charge on any atom is -0.281 e. The van der Waals surface area contributed by atoms with Gasteiger partial charge in [-0.3, -0.25) is 5.32 Å². The van der Waals surface area contributed by atoms with Crippen LogP contribution in [-0.4, -0.2) is 5.51 Å². The fourth-order valence-corrected chi connectivity index (χ4v) is 2.70. The molecule has 1 nitrogen and oxygen atoms in total. The summed E-state index contributed by atoms with van der Waals surface area (Å²) in [4.78, 5) is 0.164. The third kappa shape index (κ3) is 5.13. The Balaban J connectivity index is 2.11. The molecule has 0 fully saturated rings. The monoisotopic (exact) mass is 394 g/mol. The number of benzene rings is 2. The van der Waals surface area contributed by atoms with Crippen LogP contribution in [0.15, 0.2) is 51.8 Å². The minimum atomic E-state index is -4.31. The van der Waals surface area contributed by atoms with Crippen molar-refractivity contribution in [3.8, 4) is 0 Å². The van der Waals surface area contributed by atoms with Crippen molar-refractivity contribution in [3.05, 3.63) is 57.5 Å². The SMILES string of the molecule is FC(F)(F)Sc1ccccc1C[N]c1ccc(Br)c(Cl)c1. The standard InChI is InChI=1S/C14H9BrClF3NS/c15-11-6-5-10(7-12(11)16)20-8-9-3-1-2-4-13(9)21-14(17,18)19/h1-7H,8H2. The number of rotatable bonds is 4. The fourth-order valence-electron chi connectivity index (χ4n) is 1.62. The van der Waals surface area contributed by atoms with Gasteiger partial charge in [0.05, 0.1) is 17.3 Å². The highest BCUT2D eigenvalue weighted by Crippen LogP contribution is 2.38. The van der Waals surface area contributed by atoms with E-state index >= 15 is 0 Å². The van der Waals surface area contributed by atoms with Gasteiger partial charge in [0, 0.05) is 9.37 Å². The first-order valence-corrected chi connectivity index (χ1v) is 7.80. The minimum absolute atomic E-state index is 0.125. The molecular formula is C14H9BrClF3NS. The molecule has 2 aromatic carbocycles. The molecule has 0 aliphatic heterocycles. The summed E-state index contributed by atoms with van der Waals surface area (Å²) in [5, 5.41) is 4.79. The maximum absolute atomic E-state index is 12.5. The topological polar surface area (TPSA) is 14.1 Å². The molecule has 1 radical (unpaired) electrons. The molecule has 2 rings (SSSR count). The smallest absolute Gasteiger partial charge is 0.281 e. The average Bonchev–Trinajstić information content (AvgIpc) is 2.40. The maximum Gasteiger partial charge on any atom is 0.446 e. The van der Waals surface area contributed by atoms with E-state index < -0.39 is 5.51 Å². The molecule has 0 amide bonds. The van der Waals surface area contributed by atoms with Crippen LogP contribution in [0.5, 0.6) is 0 Å². The predicted molar refractivity (Wildman–Crippen MR) is 83.0 cm³/mol. The van der Waals surface area contributed by atoms with Crippen LogP contribution in [-0.2, 0) is 6.54 Å². The summed E-state index contributed by atoms with van der Waals surface area (Å²) in [5.74, 6) is 0. The first-order chi connectivity index (χ1) is 9.85. The lowest BCUT2D eigenvalue weighted by Gasteiger charge is -2.11. The van der Waals surface area contributed by atoms with E-state index in [9.17, 15) is 13.2 Å². The second kappa shape index (κ2) is 6.94. The van der Waals surface area contributed by atoms with Crippen molar-refractivity contribution >= 4 is 45.0 Å². The van der Waals surface area contributed by atoms with E-state index in [1.807, 2.05) is 0 Å². The van der Waals surface area contributed by atoms with Gasteiger partial charge in [-0.25, -0.2) is 0 Å². The molecule has 0 aliphatic carbocycles. The molecule has 21 heavy (non-hydrogen) atoms. The van der Waals surface area contributed by atoms with Crippen LogP contribution < -0.4 is 5.32 Å². The van der Waals surface area contributed by atoms with Gasteiger partial charge in [0.1, 0.15) is 0 Å². The molecule has 0 spiro atoms. The van der Waals surface area contributed by atoms with Crippen LogP contribution in [0.1, 0.15) is 5.56 Å². The quantitative estimate of drug-likeness (QED) is 0.566. The third-order valence-corrected chi connectivity index (χ3v) is 4.62. The van der Waals surface area contributed by atoms with Crippen molar-refractivity contribution in [1.82, 2.24) is 5.32 Å². The highest BCUT2D eigenvalue weighted by Gasteiger charge is 2.30.